The zero-order chi connectivity index (χ0) is 24.6. The first kappa shape index (κ1) is 24.2. The van der Waals surface area contributed by atoms with Crippen LogP contribution in [0.1, 0.15) is 52.2 Å². The van der Waals surface area contributed by atoms with Gasteiger partial charge in [0.25, 0.3) is 0 Å². The summed E-state index contributed by atoms with van der Waals surface area (Å²) in [4.78, 5) is 26.8. The molecule has 0 fully saturated rings. The standard InChI is InChI=1S/C25H28N4O3S2/c1-7-18(22(30)26-23-20(24(31)32-8-2)15(5)16(6)33-23)34-25-28-27-19-12-14(4)17-11-9-10-13(3)21(17)29(19)25/h9-12,18H,7-8H2,1-6H3,(H,26,30). The van der Waals surface area contributed by atoms with E-state index >= 15 is 0 Å². The molecule has 3 aromatic heterocycles. The van der Waals surface area contributed by atoms with Crippen LogP contribution in [0.15, 0.2) is 29.4 Å². The minimum Gasteiger partial charge on any atom is -0.462 e. The maximum absolute atomic E-state index is 13.3. The van der Waals surface area contributed by atoms with Gasteiger partial charge in [0, 0.05) is 10.3 Å². The van der Waals surface area contributed by atoms with Gasteiger partial charge in [-0.25, -0.2) is 4.79 Å². The van der Waals surface area contributed by atoms with Crippen LogP contribution in [0.3, 0.4) is 0 Å². The zero-order valence-electron chi connectivity index (χ0n) is 20.2. The molecule has 0 aliphatic rings. The molecular weight excluding hydrogens is 468 g/mol. The van der Waals surface area contributed by atoms with Gasteiger partial charge in [-0.3, -0.25) is 9.20 Å². The van der Waals surface area contributed by atoms with Crippen LogP contribution in [0.2, 0.25) is 0 Å². The number of hydrogen-bond donors (Lipinski definition) is 1. The van der Waals surface area contributed by atoms with E-state index in [0.717, 1.165) is 38.1 Å². The molecule has 0 radical (unpaired) electrons. The Morgan fingerprint density at radius 2 is 1.91 bits per heavy atom. The highest BCUT2D eigenvalue weighted by molar-refractivity contribution is 8.00. The van der Waals surface area contributed by atoms with Crippen LogP contribution in [0.25, 0.3) is 16.6 Å². The molecule has 9 heteroatoms. The number of para-hydroxylation sites is 1. The number of esters is 1. The lowest BCUT2D eigenvalue weighted by Crippen LogP contribution is -2.25. The number of ether oxygens (including phenoxy) is 1. The van der Waals surface area contributed by atoms with E-state index in [1.807, 2.05) is 37.3 Å². The first-order chi connectivity index (χ1) is 16.3. The molecular formula is C25H28N4O3S2. The molecule has 1 amide bonds. The second-order valence-electron chi connectivity index (χ2n) is 8.19. The number of aromatic nitrogens is 3. The number of thiophene rings is 1. The van der Waals surface area contributed by atoms with Crippen molar-refractivity contribution >= 4 is 56.5 Å². The lowest BCUT2D eigenvalue weighted by atomic mass is 10.1. The van der Waals surface area contributed by atoms with Crippen LogP contribution in [-0.4, -0.2) is 38.3 Å². The Labute approximate surface area is 206 Å². The Kier molecular flexibility index (Phi) is 6.95. The molecule has 0 aliphatic heterocycles. The fraction of sp³-hybridized carbons (Fsp3) is 0.360. The molecule has 1 aromatic carbocycles. The fourth-order valence-corrected chi connectivity index (χ4v) is 6.03. The van der Waals surface area contributed by atoms with Crippen molar-refractivity contribution in [2.45, 2.75) is 58.4 Å². The molecule has 1 atom stereocenters. The van der Waals surface area contributed by atoms with Crippen molar-refractivity contribution in [1.82, 2.24) is 14.6 Å². The summed E-state index contributed by atoms with van der Waals surface area (Å²) >= 11 is 2.78. The van der Waals surface area contributed by atoms with Gasteiger partial charge in [-0.15, -0.1) is 21.5 Å². The number of carbonyl (C=O) groups is 2. The van der Waals surface area contributed by atoms with Gasteiger partial charge in [0.2, 0.25) is 5.91 Å². The van der Waals surface area contributed by atoms with Gasteiger partial charge < -0.3 is 10.1 Å². The number of hydrogen-bond acceptors (Lipinski definition) is 7. The Bertz CT molecular complexity index is 1410. The minimum atomic E-state index is -0.416. The fourth-order valence-electron chi connectivity index (χ4n) is 4.01. The third kappa shape index (κ3) is 4.30. The van der Waals surface area contributed by atoms with Gasteiger partial charge in [0.1, 0.15) is 5.00 Å². The molecule has 1 unspecified atom stereocenters. The van der Waals surface area contributed by atoms with Crippen LogP contribution in [0.5, 0.6) is 0 Å². The summed E-state index contributed by atoms with van der Waals surface area (Å²) in [6.45, 7) is 12.0. The third-order valence-corrected chi connectivity index (χ3v) is 8.33. The Morgan fingerprint density at radius 1 is 1.15 bits per heavy atom. The minimum absolute atomic E-state index is 0.177. The lowest BCUT2D eigenvalue weighted by Gasteiger charge is -2.15. The molecule has 178 valence electrons. The topological polar surface area (TPSA) is 85.6 Å². The number of rotatable bonds is 7. The highest BCUT2D eigenvalue weighted by Gasteiger charge is 2.26. The number of pyridine rings is 1. The number of fused-ring (bicyclic) bond motifs is 3. The van der Waals surface area contributed by atoms with E-state index in [0.29, 0.717) is 22.1 Å². The normalized spacial score (nSPS) is 12.3. The Hall–Kier alpha value is -2.91. The van der Waals surface area contributed by atoms with Gasteiger partial charge in [-0.2, -0.15) is 0 Å². The Morgan fingerprint density at radius 3 is 2.62 bits per heavy atom. The summed E-state index contributed by atoms with van der Waals surface area (Å²) in [5.74, 6) is -0.592. The van der Waals surface area contributed by atoms with Gasteiger partial charge in [0.15, 0.2) is 10.8 Å². The second-order valence-corrected chi connectivity index (χ2v) is 10.6. The summed E-state index contributed by atoms with van der Waals surface area (Å²) in [6.07, 6.45) is 0.590. The molecule has 3 heterocycles. The van der Waals surface area contributed by atoms with Crippen LogP contribution in [-0.2, 0) is 9.53 Å². The van der Waals surface area contributed by atoms with E-state index in [-0.39, 0.29) is 12.5 Å². The zero-order valence-corrected chi connectivity index (χ0v) is 21.8. The van der Waals surface area contributed by atoms with Crippen molar-refractivity contribution in [1.29, 1.82) is 0 Å². The summed E-state index contributed by atoms with van der Waals surface area (Å²) in [5, 5.41) is 13.7. The first-order valence-electron chi connectivity index (χ1n) is 11.2. The van der Waals surface area contributed by atoms with Crippen molar-refractivity contribution in [3.05, 3.63) is 51.4 Å². The highest BCUT2D eigenvalue weighted by Crippen LogP contribution is 2.35. The maximum atomic E-state index is 13.3. The molecule has 0 bridgehead atoms. The molecule has 1 N–H and O–H groups in total. The number of anilines is 1. The number of nitrogens with zero attached hydrogens (tertiary/aromatic N) is 3. The van der Waals surface area contributed by atoms with E-state index < -0.39 is 11.2 Å². The molecule has 7 nitrogen and oxygen atoms in total. The monoisotopic (exact) mass is 496 g/mol. The largest absolute Gasteiger partial charge is 0.462 e. The molecule has 4 aromatic rings. The molecule has 0 saturated carbocycles. The van der Waals surface area contributed by atoms with E-state index in [1.54, 1.807) is 6.92 Å². The second kappa shape index (κ2) is 9.76. The van der Waals surface area contributed by atoms with E-state index in [1.165, 1.54) is 23.1 Å². The predicted molar refractivity (Wildman–Crippen MR) is 138 cm³/mol. The Balaban J connectivity index is 1.67. The maximum Gasteiger partial charge on any atom is 0.341 e. The van der Waals surface area contributed by atoms with Crippen molar-refractivity contribution in [2.24, 2.45) is 0 Å². The van der Waals surface area contributed by atoms with Crippen molar-refractivity contribution < 1.29 is 14.3 Å². The average molecular weight is 497 g/mol. The molecule has 0 aliphatic carbocycles. The molecule has 4 rings (SSSR count). The van der Waals surface area contributed by atoms with E-state index in [2.05, 4.69) is 41.5 Å². The van der Waals surface area contributed by atoms with Gasteiger partial charge in [-0.05, 0) is 63.8 Å². The van der Waals surface area contributed by atoms with Crippen molar-refractivity contribution in [2.75, 3.05) is 11.9 Å². The average Bonchev–Trinajstić information content (AvgIpc) is 3.32. The third-order valence-electron chi connectivity index (χ3n) is 5.90. The smallest absolute Gasteiger partial charge is 0.341 e. The number of amides is 1. The first-order valence-corrected chi connectivity index (χ1v) is 12.9. The summed E-state index contributed by atoms with van der Waals surface area (Å²) in [5.41, 5.74) is 5.33. The molecule has 34 heavy (non-hydrogen) atoms. The number of carbonyl (C=O) groups excluding carboxylic acids is 2. The van der Waals surface area contributed by atoms with Crippen molar-refractivity contribution in [3.63, 3.8) is 0 Å². The SMILES string of the molecule is CCOC(=O)c1c(NC(=O)C(CC)Sc2nnc3cc(C)c4cccc(C)c4n23)sc(C)c1C. The summed E-state index contributed by atoms with van der Waals surface area (Å²) in [7, 11) is 0. The van der Waals surface area contributed by atoms with E-state index in [9.17, 15) is 9.59 Å². The molecule has 0 spiro atoms. The van der Waals surface area contributed by atoms with Gasteiger partial charge in [0.05, 0.1) is 22.9 Å². The van der Waals surface area contributed by atoms with Crippen LogP contribution in [0, 0.1) is 27.7 Å². The summed E-state index contributed by atoms with van der Waals surface area (Å²) in [6, 6.07) is 8.22. The number of nitrogens with one attached hydrogen (secondary N) is 1. The number of aryl methyl sites for hydroxylation is 3. The van der Waals surface area contributed by atoms with Crippen LogP contribution in [0.4, 0.5) is 5.00 Å². The predicted octanol–water partition coefficient (Wildman–Crippen LogP) is 5.86. The quantitative estimate of drug-likeness (QED) is 0.255. The number of benzene rings is 1. The molecule has 0 saturated heterocycles. The van der Waals surface area contributed by atoms with Crippen LogP contribution < -0.4 is 5.32 Å². The van der Waals surface area contributed by atoms with Crippen LogP contribution >= 0.6 is 23.1 Å². The lowest BCUT2D eigenvalue weighted by molar-refractivity contribution is -0.115. The highest BCUT2D eigenvalue weighted by atomic mass is 32.2. The number of thioether (sulfide) groups is 1. The summed E-state index contributed by atoms with van der Waals surface area (Å²) < 4.78 is 7.25. The van der Waals surface area contributed by atoms with Crippen molar-refractivity contribution in [3.8, 4) is 0 Å². The van der Waals surface area contributed by atoms with Gasteiger partial charge in [-0.1, -0.05) is 36.9 Å². The van der Waals surface area contributed by atoms with Gasteiger partial charge >= 0.3 is 5.97 Å². The van der Waals surface area contributed by atoms with E-state index in [4.69, 9.17) is 4.74 Å².